The molecule has 28 unspecified atom stereocenters. The maximum Gasteiger partial charge on any atom is 0.317 e. The van der Waals surface area contributed by atoms with Gasteiger partial charge in [0, 0.05) is 0 Å². The van der Waals surface area contributed by atoms with Crippen molar-refractivity contribution in [1.29, 1.82) is 0 Å². The van der Waals surface area contributed by atoms with E-state index in [0.29, 0.717) is 32.1 Å². The van der Waals surface area contributed by atoms with Crippen molar-refractivity contribution >= 4 is 5.97 Å². The molecule has 75 heavy (non-hydrogen) atoms. The standard InChI is InChI=1S/C53H82O22/c1-22-30(57)33(60)36(63)42(68-22)74-40-38(72-45-39(35(62)32(59)26(20-55)70-45)73-43-37(64)34(61)31(58)25(19-54)69-43)24(56)21-67-44(40)71-29-12-13-48(4)27(47(29,2)3)11-14-50(6)28(48)10-9-23-41-52(8,66)51(7)16-18-53(41,46(65)75-51)17-15-49(23,50)5/h9-10,22,24-40,42-45,54-64,66H,11-21H2,1-8H3. The van der Waals surface area contributed by atoms with Crippen LogP contribution in [0.3, 0.4) is 0 Å². The smallest absolute Gasteiger partial charge is 0.317 e. The van der Waals surface area contributed by atoms with Crippen molar-refractivity contribution in [2.45, 2.75) is 241 Å². The van der Waals surface area contributed by atoms with Gasteiger partial charge in [-0.2, -0.15) is 0 Å². The average molecular weight is 1070 g/mol. The van der Waals surface area contributed by atoms with E-state index in [1.165, 1.54) is 6.92 Å². The first kappa shape index (κ1) is 56.4. The lowest BCUT2D eigenvalue weighted by atomic mass is 9.35. The molecule has 22 heteroatoms. The van der Waals surface area contributed by atoms with Crippen LogP contribution in [0.1, 0.15) is 107 Å². The van der Waals surface area contributed by atoms with Crippen molar-refractivity contribution in [1.82, 2.24) is 0 Å². The van der Waals surface area contributed by atoms with Crippen LogP contribution in [0.25, 0.3) is 0 Å². The Morgan fingerprint density at radius 3 is 1.85 bits per heavy atom. The van der Waals surface area contributed by atoms with Crippen LogP contribution < -0.4 is 0 Å². The minimum absolute atomic E-state index is 0.0720. The maximum atomic E-state index is 13.9. The summed E-state index contributed by atoms with van der Waals surface area (Å²) >= 11 is 0. The Bertz CT molecular complexity index is 2210. The number of esters is 1. The molecule has 6 saturated heterocycles. The van der Waals surface area contributed by atoms with Gasteiger partial charge in [0.25, 0.3) is 0 Å². The van der Waals surface area contributed by atoms with E-state index in [2.05, 4.69) is 46.8 Å². The molecule has 426 valence electrons. The van der Waals surface area contributed by atoms with Gasteiger partial charge in [-0.1, -0.05) is 46.8 Å². The van der Waals surface area contributed by atoms with Gasteiger partial charge >= 0.3 is 5.97 Å². The number of carbonyl (C=O) groups excluding carboxylic acids is 1. The highest BCUT2D eigenvalue weighted by Gasteiger charge is 2.74. The van der Waals surface area contributed by atoms with Gasteiger partial charge in [-0.25, -0.2) is 0 Å². The zero-order chi connectivity index (χ0) is 54.5. The summed E-state index contributed by atoms with van der Waals surface area (Å²) in [7, 11) is 0. The van der Waals surface area contributed by atoms with Crippen LogP contribution in [0.4, 0.5) is 0 Å². The summed E-state index contributed by atoms with van der Waals surface area (Å²) in [5.74, 6) is -0.0715. The van der Waals surface area contributed by atoms with Crippen molar-refractivity contribution in [3.8, 4) is 0 Å². The quantitative estimate of drug-likeness (QED) is 0.0892. The lowest BCUT2D eigenvalue weighted by molar-refractivity contribution is -0.401. The molecule has 11 rings (SSSR count). The third kappa shape index (κ3) is 8.27. The molecule has 22 nitrogen and oxygen atoms in total. The molecule has 11 aliphatic rings. The molecule has 28 atom stereocenters. The first-order chi connectivity index (χ1) is 35.1. The lowest BCUT2D eigenvalue weighted by Crippen LogP contribution is -2.71. The Morgan fingerprint density at radius 1 is 0.613 bits per heavy atom. The molecule has 2 bridgehead atoms. The number of ether oxygens (including phenoxy) is 9. The van der Waals surface area contributed by atoms with E-state index in [1.807, 2.05) is 13.8 Å². The fraction of sp³-hybridized carbons (Fsp3) is 0.906. The summed E-state index contributed by atoms with van der Waals surface area (Å²) in [6.07, 6.45) is -22.3. The van der Waals surface area contributed by atoms with Crippen molar-refractivity contribution in [2.24, 2.45) is 38.9 Å². The average Bonchev–Trinajstić information content (AvgIpc) is 3.36. The normalized spacial score (nSPS) is 56.3. The number of hydrogen-bond acceptors (Lipinski definition) is 22. The number of rotatable bonds is 10. The highest BCUT2D eigenvalue weighted by atomic mass is 16.8. The van der Waals surface area contributed by atoms with Crippen LogP contribution in [0.2, 0.25) is 0 Å². The van der Waals surface area contributed by atoms with Crippen molar-refractivity contribution < 1.29 is 109 Å². The third-order valence-electron chi connectivity index (χ3n) is 21.2. The molecule has 0 aromatic rings. The molecule has 1 spiro atoms. The van der Waals surface area contributed by atoms with E-state index in [9.17, 15) is 66.1 Å². The van der Waals surface area contributed by atoms with E-state index in [4.69, 9.17) is 42.6 Å². The molecule has 0 radical (unpaired) electrons. The van der Waals surface area contributed by atoms with Gasteiger partial charge in [0.05, 0.1) is 37.4 Å². The minimum Gasteiger partial charge on any atom is -0.455 e. The first-order valence-corrected chi connectivity index (χ1v) is 27.0. The van der Waals surface area contributed by atoms with Gasteiger partial charge in [0.15, 0.2) is 25.2 Å². The van der Waals surface area contributed by atoms with E-state index >= 15 is 0 Å². The highest BCUT2D eigenvalue weighted by molar-refractivity contribution is 5.86. The van der Waals surface area contributed by atoms with Gasteiger partial charge < -0.3 is 104 Å². The molecule has 6 aliphatic heterocycles. The largest absolute Gasteiger partial charge is 0.455 e. The van der Waals surface area contributed by atoms with Crippen molar-refractivity contribution in [2.75, 3.05) is 19.8 Å². The monoisotopic (exact) mass is 1070 g/mol. The second-order valence-corrected chi connectivity index (χ2v) is 25.4. The Morgan fingerprint density at radius 2 is 1.20 bits per heavy atom. The van der Waals surface area contributed by atoms with Crippen LogP contribution in [-0.2, 0) is 47.4 Å². The zero-order valence-electron chi connectivity index (χ0n) is 44.1. The fourth-order valence-electron chi connectivity index (χ4n) is 16.2. The number of aliphatic hydroxyl groups is 12. The van der Waals surface area contributed by atoms with Gasteiger partial charge in [0.1, 0.15) is 96.7 Å². The number of allylic oxidation sites excluding steroid dienone is 3. The van der Waals surface area contributed by atoms with Crippen LogP contribution >= 0.6 is 0 Å². The van der Waals surface area contributed by atoms with E-state index in [0.717, 1.165) is 30.4 Å². The minimum atomic E-state index is -1.96. The third-order valence-corrected chi connectivity index (χ3v) is 21.2. The second-order valence-electron chi connectivity index (χ2n) is 25.4. The van der Waals surface area contributed by atoms with E-state index in [1.54, 1.807) is 0 Å². The molecular formula is C53H82O22. The topological polar surface area (TPSA) is 343 Å². The number of aliphatic hydroxyl groups excluding tert-OH is 11. The number of hydrogen-bond donors (Lipinski definition) is 12. The molecule has 3 saturated carbocycles. The van der Waals surface area contributed by atoms with Gasteiger partial charge in [0.2, 0.25) is 0 Å². The molecule has 0 aromatic heterocycles. The Balaban J connectivity index is 0.949. The Labute approximate surface area is 436 Å². The molecule has 5 aliphatic carbocycles. The Hall–Kier alpha value is -1.85. The summed E-state index contributed by atoms with van der Waals surface area (Å²) in [6.45, 7) is 14.4. The van der Waals surface area contributed by atoms with E-state index < -0.39 is 165 Å². The first-order valence-electron chi connectivity index (χ1n) is 27.0. The van der Waals surface area contributed by atoms with Crippen LogP contribution in [-0.4, -0.2) is 221 Å². The number of fused-ring (bicyclic) bond motifs is 7. The van der Waals surface area contributed by atoms with E-state index in [-0.39, 0.29) is 34.1 Å². The summed E-state index contributed by atoms with van der Waals surface area (Å²) in [6, 6.07) is 0. The van der Waals surface area contributed by atoms with Gasteiger partial charge in [-0.3, -0.25) is 4.79 Å². The fourth-order valence-corrected chi connectivity index (χ4v) is 16.2. The Kier molecular flexibility index (Phi) is 14.6. The zero-order valence-corrected chi connectivity index (χ0v) is 44.1. The van der Waals surface area contributed by atoms with Crippen LogP contribution in [0.15, 0.2) is 23.3 Å². The SMILES string of the molecule is CC1OC(OC2C(OC3CCC4(C)C(CCC5(C)C4C=CC4=C6C7(CCC(C)(OC7=O)C6(C)O)CCC45C)C3(C)C)OCC(O)C2OC2OC(CO)C(O)C(O)C2OC2OC(CO)C(O)C(O)C2O)C(O)C(O)C1O. The summed E-state index contributed by atoms with van der Waals surface area (Å²) < 4.78 is 55.6. The van der Waals surface area contributed by atoms with Crippen molar-refractivity contribution in [3.63, 3.8) is 0 Å². The summed E-state index contributed by atoms with van der Waals surface area (Å²) in [4.78, 5) is 13.9. The van der Waals surface area contributed by atoms with Crippen LogP contribution in [0, 0.1) is 38.9 Å². The predicted octanol–water partition coefficient (Wildman–Crippen LogP) is -1.32. The molecule has 12 N–H and O–H groups in total. The molecule has 6 heterocycles. The molecule has 9 fully saturated rings. The number of carbonyl (C=O) groups is 1. The van der Waals surface area contributed by atoms with Crippen LogP contribution in [0.5, 0.6) is 0 Å². The maximum absolute atomic E-state index is 13.9. The summed E-state index contributed by atoms with van der Waals surface area (Å²) in [5, 5.41) is 131. The van der Waals surface area contributed by atoms with Gasteiger partial charge in [-0.05, 0) is 117 Å². The molecular weight excluding hydrogens is 989 g/mol. The summed E-state index contributed by atoms with van der Waals surface area (Å²) in [5.41, 5.74) is -2.80. The molecule has 0 amide bonds. The predicted molar refractivity (Wildman–Crippen MR) is 255 cm³/mol. The highest BCUT2D eigenvalue weighted by Crippen LogP contribution is 2.75. The second kappa shape index (κ2) is 19.4. The van der Waals surface area contributed by atoms with Crippen molar-refractivity contribution in [3.05, 3.63) is 23.3 Å². The van der Waals surface area contributed by atoms with Gasteiger partial charge in [-0.15, -0.1) is 0 Å². The molecule has 0 aromatic carbocycles. The lowest BCUT2D eigenvalue weighted by Gasteiger charge is -2.71.